The van der Waals surface area contributed by atoms with Crippen molar-refractivity contribution < 1.29 is 4.42 Å². The van der Waals surface area contributed by atoms with E-state index in [4.69, 9.17) is 4.42 Å². The van der Waals surface area contributed by atoms with Gasteiger partial charge in [0.05, 0.1) is 39.3 Å². The van der Waals surface area contributed by atoms with Crippen molar-refractivity contribution in [3.8, 4) is 28.1 Å². The Morgan fingerprint density at radius 2 is 0.982 bits per heavy atom. The van der Waals surface area contributed by atoms with Gasteiger partial charge in [-0.1, -0.05) is 121 Å². The Morgan fingerprint density at radius 3 is 1.80 bits per heavy atom. The number of anilines is 6. The first-order valence-corrected chi connectivity index (χ1v) is 19.1. The van der Waals surface area contributed by atoms with E-state index in [0.29, 0.717) is 0 Å². The van der Waals surface area contributed by atoms with Crippen LogP contribution >= 0.6 is 0 Å². The number of furan rings is 1. The van der Waals surface area contributed by atoms with Crippen LogP contribution in [-0.4, -0.2) is 4.57 Å². The molecule has 0 atom stereocenters. The molecular weight excluding hydrogens is 683 g/mol. The number of nitrogens with zero attached hydrogens (tertiary/aromatic N) is 3. The molecule has 4 heteroatoms. The molecule has 0 unspecified atom stereocenters. The van der Waals surface area contributed by atoms with E-state index in [1.807, 2.05) is 6.07 Å². The fourth-order valence-corrected chi connectivity index (χ4v) is 9.11. The molecule has 0 saturated carbocycles. The second-order valence-corrected chi connectivity index (χ2v) is 14.5. The summed E-state index contributed by atoms with van der Waals surface area (Å²) < 4.78 is 8.87. The molecule has 0 N–H and O–H groups in total. The average Bonchev–Trinajstić information content (AvgIpc) is 3.71. The fraction of sp³-hybridized carbons (Fsp3) is 0. The minimum absolute atomic E-state index is 0.879. The smallest absolute Gasteiger partial charge is 0.137 e. The molecule has 0 radical (unpaired) electrons. The van der Waals surface area contributed by atoms with Crippen LogP contribution in [0, 0.1) is 0 Å². The van der Waals surface area contributed by atoms with Gasteiger partial charge in [0.25, 0.3) is 0 Å². The second kappa shape index (κ2) is 12.0. The minimum atomic E-state index is 0.879. The summed E-state index contributed by atoms with van der Waals surface area (Å²) in [6.07, 6.45) is 4.46. The number of fused-ring (bicyclic) bond motifs is 13. The highest BCUT2D eigenvalue weighted by atomic mass is 16.3. The van der Waals surface area contributed by atoms with Crippen molar-refractivity contribution in [1.29, 1.82) is 0 Å². The van der Waals surface area contributed by atoms with Gasteiger partial charge in [-0.05, 0) is 90.0 Å². The summed E-state index contributed by atoms with van der Waals surface area (Å²) in [5, 5.41) is 3.46. The van der Waals surface area contributed by atoms with Gasteiger partial charge >= 0.3 is 0 Å². The van der Waals surface area contributed by atoms with Crippen LogP contribution in [-0.2, 0) is 0 Å². The summed E-state index contributed by atoms with van der Waals surface area (Å²) in [6.45, 7) is 0. The lowest BCUT2D eigenvalue weighted by molar-refractivity contribution is 0.669. The molecular formula is C52H33N3O. The van der Waals surface area contributed by atoms with E-state index in [9.17, 15) is 0 Å². The van der Waals surface area contributed by atoms with Crippen LogP contribution in [0.5, 0.6) is 0 Å². The van der Waals surface area contributed by atoms with Crippen molar-refractivity contribution >= 4 is 79.1 Å². The maximum atomic E-state index is 6.43. The molecule has 0 aliphatic carbocycles. The summed E-state index contributed by atoms with van der Waals surface area (Å²) >= 11 is 0. The van der Waals surface area contributed by atoms with E-state index in [2.05, 4.69) is 209 Å². The largest absolute Gasteiger partial charge is 0.456 e. The first-order chi connectivity index (χ1) is 27.8. The van der Waals surface area contributed by atoms with E-state index in [1.165, 1.54) is 33.3 Å². The Hall–Kier alpha value is -7.56. The van der Waals surface area contributed by atoms with Crippen molar-refractivity contribution in [2.24, 2.45) is 0 Å². The molecule has 4 heterocycles. The lowest BCUT2D eigenvalue weighted by Gasteiger charge is -2.30. The van der Waals surface area contributed by atoms with Crippen molar-refractivity contribution in [3.63, 3.8) is 0 Å². The Bertz CT molecular complexity index is 3200. The quantitative estimate of drug-likeness (QED) is 0.182. The Labute approximate surface area is 324 Å². The zero-order chi connectivity index (χ0) is 36.7. The second-order valence-electron chi connectivity index (χ2n) is 14.5. The first-order valence-electron chi connectivity index (χ1n) is 19.1. The van der Waals surface area contributed by atoms with Crippen LogP contribution in [0.25, 0.3) is 73.1 Å². The van der Waals surface area contributed by atoms with Gasteiger partial charge in [-0.2, -0.15) is 0 Å². The van der Waals surface area contributed by atoms with Crippen molar-refractivity contribution in [3.05, 3.63) is 199 Å². The van der Waals surface area contributed by atoms with Gasteiger partial charge in [-0.3, -0.25) is 0 Å². The predicted molar refractivity (Wildman–Crippen MR) is 233 cm³/mol. The molecule has 8 aromatic carbocycles. The molecule has 2 aromatic heterocycles. The number of aromatic nitrogens is 1. The molecule has 10 aromatic rings. The van der Waals surface area contributed by atoms with Gasteiger partial charge in [0, 0.05) is 44.5 Å². The summed E-state index contributed by atoms with van der Waals surface area (Å²) in [5.74, 6) is 0. The van der Waals surface area contributed by atoms with E-state index in [-0.39, 0.29) is 0 Å². The highest BCUT2D eigenvalue weighted by Crippen LogP contribution is 2.55. The lowest BCUT2D eigenvalue weighted by atomic mass is 9.98. The molecule has 262 valence electrons. The predicted octanol–water partition coefficient (Wildman–Crippen LogP) is 14.6. The van der Waals surface area contributed by atoms with E-state index >= 15 is 0 Å². The summed E-state index contributed by atoms with van der Waals surface area (Å²) in [6, 6.07) is 67.6. The highest BCUT2D eigenvalue weighted by molar-refractivity contribution is 6.17. The molecule has 2 aliphatic rings. The number of benzene rings is 8. The van der Waals surface area contributed by atoms with Gasteiger partial charge in [0.15, 0.2) is 0 Å². The van der Waals surface area contributed by atoms with E-state index in [0.717, 1.165) is 72.9 Å². The monoisotopic (exact) mass is 715 g/mol. The highest BCUT2D eigenvalue weighted by Gasteiger charge is 2.32. The number of rotatable bonds is 3. The van der Waals surface area contributed by atoms with E-state index < -0.39 is 0 Å². The Balaban J connectivity index is 1.08. The topological polar surface area (TPSA) is 24.6 Å². The van der Waals surface area contributed by atoms with Crippen molar-refractivity contribution in [1.82, 2.24) is 4.57 Å². The van der Waals surface area contributed by atoms with Gasteiger partial charge in [-0.15, -0.1) is 0 Å². The molecule has 4 nitrogen and oxygen atoms in total. The zero-order valence-electron chi connectivity index (χ0n) is 30.3. The van der Waals surface area contributed by atoms with Crippen LogP contribution in [0.3, 0.4) is 0 Å². The van der Waals surface area contributed by atoms with E-state index in [1.54, 1.807) is 0 Å². The standard InChI is InChI=1S/C52H33N3O/c1-2-15-36(16-3-1)55-45-23-11-6-18-40(45)49-39-17-5-10-22-44(39)53(46-24-12-7-19-41(46)52(49)55)37-29-31-38(32-30-37)54-43-21-9-4-14-34(43)26-27-35-28-33-48-50(51(35)54)42-20-8-13-25-47(42)56-48/h1-33H. The van der Waals surface area contributed by atoms with Crippen LogP contribution in [0.15, 0.2) is 192 Å². The van der Waals surface area contributed by atoms with Gasteiger partial charge in [0.2, 0.25) is 0 Å². The first kappa shape index (κ1) is 30.9. The van der Waals surface area contributed by atoms with Crippen molar-refractivity contribution in [2.75, 3.05) is 9.80 Å². The average molecular weight is 716 g/mol. The van der Waals surface area contributed by atoms with Gasteiger partial charge in [-0.25, -0.2) is 0 Å². The zero-order valence-corrected chi connectivity index (χ0v) is 30.3. The molecule has 56 heavy (non-hydrogen) atoms. The lowest BCUT2D eigenvalue weighted by Crippen LogP contribution is -2.14. The maximum Gasteiger partial charge on any atom is 0.137 e. The molecule has 0 saturated heterocycles. The SMILES string of the molecule is C1=Cc2ccc3oc4ccccc4c3c2N(c2ccc(N3c4ccccc4-c4c(n(-c5ccccc5)c5ccccc45)-c4ccccc43)cc2)c2ccccc21. The number of para-hydroxylation sites is 6. The third-order valence-corrected chi connectivity index (χ3v) is 11.5. The molecule has 0 amide bonds. The minimum Gasteiger partial charge on any atom is -0.456 e. The van der Waals surface area contributed by atoms with Crippen LogP contribution in [0.4, 0.5) is 34.1 Å². The molecule has 0 fully saturated rings. The Morgan fingerprint density at radius 1 is 0.375 bits per heavy atom. The van der Waals surface area contributed by atoms with Crippen molar-refractivity contribution in [2.45, 2.75) is 0 Å². The number of hydrogen-bond donors (Lipinski definition) is 0. The van der Waals surface area contributed by atoms with Crippen LogP contribution in [0.2, 0.25) is 0 Å². The Kier molecular flexibility index (Phi) is 6.60. The third kappa shape index (κ3) is 4.41. The molecule has 0 spiro atoms. The van der Waals surface area contributed by atoms with Crippen LogP contribution in [0.1, 0.15) is 11.1 Å². The molecule has 2 aliphatic heterocycles. The fourth-order valence-electron chi connectivity index (χ4n) is 9.11. The third-order valence-electron chi connectivity index (χ3n) is 11.5. The summed E-state index contributed by atoms with van der Waals surface area (Å²) in [4.78, 5) is 4.85. The summed E-state index contributed by atoms with van der Waals surface area (Å²) in [7, 11) is 0. The maximum absolute atomic E-state index is 6.43. The molecule has 0 bridgehead atoms. The summed E-state index contributed by atoms with van der Waals surface area (Å²) in [5.41, 5.74) is 17.9. The van der Waals surface area contributed by atoms with Gasteiger partial charge in [0.1, 0.15) is 11.2 Å². The van der Waals surface area contributed by atoms with Gasteiger partial charge < -0.3 is 18.8 Å². The van der Waals surface area contributed by atoms with Crippen LogP contribution < -0.4 is 9.80 Å². The number of hydrogen-bond acceptors (Lipinski definition) is 3. The molecule has 12 rings (SSSR count). The normalized spacial score (nSPS) is 12.9.